The Kier molecular flexibility index (Phi) is 7.81. The molecule has 10 nitrogen and oxygen atoms in total. The first-order valence-corrected chi connectivity index (χ1v) is 10.7. The van der Waals surface area contributed by atoms with Crippen molar-refractivity contribution < 1.29 is 14.9 Å². The van der Waals surface area contributed by atoms with E-state index < -0.39 is 24.5 Å². The van der Waals surface area contributed by atoms with Gasteiger partial charge < -0.3 is 32.2 Å². The molecular weight excluding hydrogens is 394 g/mol. The highest BCUT2D eigenvalue weighted by atomic mass is 32.2. The summed E-state index contributed by atoms with van der Waals surface area (Å²) in [6, 6.07) is 0. The van der Waals surface area contributed by atoms with Gasteiger partial charge >= 0.3 is 0 Å². The standard InChI is InChI=1S/C18H29N7O3S/c19-6-3-1-2-4-11(5-7-20)29-8-12-14(26)15(27)18(28-12)25-10-24-13-16(21)22-9-23-17(13)25/h5,9-10,12,14-15,18,26-27H,1-4,6-8,19-20H2,(H2,21,22,23)/b11-5-/t12-,14-,15-,18-/m1/s1. The first kappa shape index (κ1) is 21.9. The number of thioether (sulfide) groups is 1. The van der Waals surface area contributed by atoms with E-state index in [-0.39, 0.29) is 5.82 Å². The van der Waals surface area contributed by atoms with Crippen LogP contribution in [-0.2, 0) is 4.74 Å². The highest BCUT2D eigenvalue weighted by Crippen LogP contribution is 2.35. The van der Waals surface area contributed by atoms with Gasteiger partial charge in [-0.15, -0.1) is 11.8 Å². The Labute approximate surface area is 173 Å². The molecule has 3 heterocycles. The number of nitrogen functional groups attached to an aromatic ring is 1. The summed E-state index contributed by atoms with van der Waals surface area (Å²) < 4.78 is 7.55. The zero-order valence-electron chi connectivity index (χ0n) is 16.2. The largest absolute Gasteiger partial charge is 0.387 e. The van der Waals surface area contributed by atoms with Crippen LogP contribution in [-0.4, -0.2) is 66.9 Å². The number of aromatic nitrogens is 4. The fourth-order valence-corrected chi connectivity index (χ4v) is 4.48. The molecule has 2 aromatic rings. The monoisotopic (exact) mass is 423 g/mol. The van der Waals surface area contributed by atoms with Crippen molar-refractivity contribution in [1.29, 1.82) is 0 Å². The van der Waals surface area contributed by atoms with Crippen molar-refractivity contribution >= 4 is 28.7 Å². The van der Waals surface area contributed by atoms with Gasteiger partial charge in [-0.3, -0.25) is 4.57 Å². The zero-order chi connectivity index (χ0) is 20.8. The molecule has 0 aliphatic carbocycles. The highest BCUT2D eigenvalue weighted by Gasteiger charge is 2.44. The Balaban J connectivity index is 1.64. The number of imidazole rings is 1. The summed E-state index contributed by atoms with van der Waals surface area (Å²) in [6.45, 7) is 1.16. The minimum absolute atomic E-state index is 0.250. The quantitative estimate of drug-likeness (QED) is 0.331. The van der Waals surface area contributed by atoms with Gasteiger partial charge in [0.1, 0.15) is 24.1 Å². The van der Waals surface area contributed by atoms with Gasteiger partial charge in [0.25, 0.3) is 0 Å². The number of hydrogen-bond donors (Lipinski definition) is 5. The lowest BCUT2D eigenvalue weighted by Gasteiger charge is -2.16. The number of ether oxygens (including phenoxy) is 1. The molecule has 2 aromatic heterocycles. The lowest BCUT2D eigenvalue weighted by molar-refractivity contribution is -0.0288. The normalized spacial score (nSPS) is 25.2. The number of allylic oxidation sites excluding steroid dienone is 1. The van der Waals surface area contributed by atoms with Gasteiger partial charge in [-0.2, -0.15) is 0 Å². The Hall–Kier alpha value is -1.76. The molecule has 1 aliphatic rings. The topological polar surface area (TPSA) is 171 Å². The summed E-state index contributed by atoms with van der Waals surface area (Å²) in [5, 5.41) is 21.0. The van der Waals surface area contributed by atoms with Gasteiger partial charge in [0.05, 0.1) is 12.4 Å². The summed E-state index contributed by atoms with van der Waals surface area (Å²) in [5.74, 6) is 0.751. The number of anilines is 1. The Morgan fingerprint density at radius 3 is 2.76 bits per heavy atom. The second-order valence-corrected chi connectivity index (χ2v) is 8.09. The number of hydrogen-bond acceptors (Lipinski definition) is 10. The molecule has 8 N–H and O–H groups in total. The fourth-order valence-electron chi connectivity index (χ4n) is 3.33. The maximum Gasteiger partial charge on any atom is 0.167 e. The second kappa shape index (κ2) is 10.3. The number of nitrogens with zero attached hydrogens (tertiary/aromatic N) is 4. The third kappa shape index (κ3) is 5.05. The summed E-state index contributed by atoms with van der Waals surface area (Å²) in [4.78, 5) is 13.4. The third-order valence-corrected chi connectivity index (χ3v) is 6.14. The Morgan fingerprint density at radius 1 is 1.17 bits per heavy atom. The van der Waals surface area contributed by atoms with E-state index in [1.54, 1.807) is 16.3 Å². The Morgan fingerprint density at radius 2 is 2.00 bits per heavy atom. The van der Waals surface area contributed by atoms with Crippen molar-refractivity contribution in [2.75, 3.05) is 24.6 Å². The van der Waals surface area contributed by atoms with Crippen LogP contribution in [0, 0.1) is 0 Å². The van der Waals surface area contributed by atoms with E-state index in [0.29, 0.717) is 30.0 Å². The number of fused-ring (bicyclic) bond motifs is 1. The van der Waals surface area contributed by atoms with Crippen LogP contribution in [0.4, 0.5) is 5.82 Å². The van der Waals surface area contributed by atoms with Gasteiger partial charge in [0.15, 0.2) is 17.7 Å². The highest BCUT2D eigenvalue weighted by molar-refractivity contribution is 8.03. The van der Waals surface area contributed by atoms with Gasteiger partial charge in [0, 0.05) is 12.3 Å². The number of rotatable bonds is 10. The molecule has 1 fully saturated rings. The van der Waals surface area contributed by atoms with E-state index in [2.05, 4.69) is 15.0 Å². The molecule has 0 unspecified atom stereocenters. The lowest BCUT2D eigenvalue weighted by atomic mass is 10.1. The van der Waals surface area contributed by atoms with Crippen molar-refractivity contribution in [1.82, 2.24) is 19.5 Å². The molecule has 3 rings (SSSR count). The van der Waals surface area contributed by atoms with Crippen molar-refractivity contribution in [3.8, 4) is 0 Å². The molecular formula is C18H29N7O3S. The third-order valence-electron chi connectivity index (χ3n) is 4.90. The first-order chi connectivity index (χ1) is 14.1. The van der Waals surface area contributed by atoms with Gasteiger partial charge in [-0.25, -0.2) is 15.0 Å². The van der Waals surface area contributed by atoms with Crippen LogP contribution >= 0.6 is 11.8 Å². The first-order valence-electron chi connectivity index (χ1n) is 9.73. The summed E-state index contributed by atoms with van der Waals surface area (Å²) in [6.07, 6.45) is 5.36. The molecule has 1 saturated heterocycles. The molecule has 0 spiro atoms. The summed E-state index contributed by atoms with van der Waals surface area (Å²) in [7, 11) is 0. The van der Waals surface area contributed by atoms with E-state index in [9.17, 15) is 10.2 Å². The van der Waals surface area contributed by atoms with Gasteiger partial charge in [0.2, 0.25) is 0 Å². The molecule has 11 heteroatoms. The molecule has 29 heavy (non-hydrogen) atoms. The summed E-state index contributed by atoms with van der Waals surface area (Å²) >= 11 is 1.60. The predicted octanol–water partition coefficient (Wildman–Crippen LogP) is 0.123. The molecule has 0 amide bonds. The maximum atomic E-state index is 10.5. The maximum absolute atomic E-state index is 10.5. The van der Waals surface area contributed by atoms with Crippen molar-refractivity contribution in [2.24, 2.45) is 11.5 Å². The van der Waals surface area contributed by atoms with Crippen LogP contribution in [0.2, 0.25) is 0 Å². The molecule has 4 atom stereocenters. The van der Waals surface area contributed by atoms with Crippen LogP contribution < -0.4 is 17.2 Å². The number of nitrogens with two attached hydrogens (primary N) is 3. The van der Waals surface area contributed by atoms with Gasteiger partial charge in [-0.1, -0.05) is 12.5 Å². The van der Waals surface area contributed by atoms with E-state index in [1.807, 2.05) is 6.08 Å². The second-order valence-electron chi connectivity index (χ2n) is 6.95. The minimum Gasteiger partial charge on any atom is -0.387 e. The van der Waals surface area contributed by atoms with Crippen LogP contribution in [0.5, 0.6) is 0 Å². The smallest absolute Gasteiger partial charge is 0.167 e. The molecule has 160 valence electrons. The van der Waals surface area contributed by atoms with E-state index in [1.165, 1.54) is 12.7 Å². The average Bonchev–Trinajstić information content (AvgIpc) is 3.26. The molecule has 0 saturated carbocycles. The van der Waals surface area contributed by atoms with Crippen molar-refractivity contribution in [3.05, 3.63) is 23.6 Å². The minimum atomic E-state index is -1.11. The van der Waals surface area contributed by atoms with Crippen LogP contribution in [0.3, 0.4) is 0 Å². The van der Waals surface area contributed by atoms with E-state index in [0.717, 1.165) is 30.6 Å². The molecule has 0 bridgehead atoms. The lowest BCUT2D eigenvalue weighted by Crippen LogP contribution is -2.32. The average molecular weight is 424 g/mol. The van der Waals surface area contributed by atoms with Crippen LogP contribution in [0.15, 0.2) is 23.6 Å². The number of unbranched alkanes of at least 4 members (excludes halogenated alkanes) is 2. The molecule has 0 aromatic carbocycles. The van der Waals surface area contributed by atoms with Gasteiger partial charge in [-0.05, 0) is 30.7 Å². The van der Waals surface area contributed by atoms with Crippen LogP contribution in [0.1, 0.15) is 31.9 Å². The van der Waals surface area contributed by atoms with E-state index >= 15 is 0 Å². The van der Waals surface area contributed by atoms with Crippen molar-refractivity contribution in [3.63, 3.8) is 0 Å². The SMILES string of the molecule is NC/C=C(/CCCCCN)SC[C@H]1O[C@@H](n2cnc3c(N)ncnc32)[C@H](O)[C@@H]1O. The fraction of sp³-hybridized carbons (Fsp3) is 0.611. The molecule has 1 aliphatic heterocycles. The number of aliphatic hydroxyl groups is 2. The van der Waals surface area contributed by atoms with Crippen molar-refractivity contribution in [2.45, 2.75) is 50.2 Å². The van der Waals surface area contributed by atoms with Crippen LogP contribution in [0.25, 0.3) is 11.2 Å². The number of aliphatic hydroxyl groups excluding tert-OH is 2. The predicted molar refractivity (Wildman–Crippen MR) is 113 cm³/mol. The van der Waals surface area contributed by atoms with E-state index in [4.69, 9.17) is 21.9 Å². The zero-order valence-corrected chi connectivity index (χ0v) is 17.0. The Bertz CT molecular complexity index is 831. The molecule has 0 radical (unpaired) electrons. The summed E-state index contributed by atoms with van der Waals surface area (Å²) in [5.41, 5.74) is 17.9.